The lowest BCUT2D eigenvalue weighted by Gasteiger charge is -2.09. The maximum atomic E-state index is 11.4. The van der Waals surface area contributed by atoms with Crippen LogP contribution in [0.5, 0.6) is 0 Å². The Labute approximate surface area is 150 Å². The van der Waals surface area contributed by atoms with Crippen molar-refractivity contribution in [2.24, 2.45) is 11.5 Å². The average molecular weight is 357 g/mol. The monoisotopic (exact) mass is 357 g/mol. The molecule has 6 N–H and O–H groups in total. The summed E-state index contributed by atoms with van der Waals surface area (Å²) in [6, 6.07) is 0. The van der Waals surface area contributed by atoms with Crippen LogP contribution in [0, 0.1) is 0 Å². The third-order valence-electron chi connectivity index (χ3n) is 4.11. The van der Waals surface area contributed by atoms with Gasteiger partial charge in [0.1, 0.15) is 11.9 Å². The topological polar surface area (TPSA) is 136 Å². The van der Waals surface area contributed by atoms with Gasteiger partial charge in [-0.05, 0) is 12.8 Å². The smallest absolute Gasteiger partial charge is 0.249 e. The molecule has 0 saturated carbocycles. The fraction of sp³-hybridized carbons (Fsp3) is 0.833. The van der Waals surface area contributed by atoms with Gasteiger partial charge in [0, 0.05) is 13.0 Å². The van der Waals surface area contributed by atoms with Gasteiger partial charge in [-0.2, -0.15) is 0 Å². The number of primary amides is 1. The van der Waals surface area contributed by atoms with Gasteiger partial charge in [-0.3, -0.25) is 14.4 Å². The quantitative estimate of drug-likeness (QED) is 0.290. The van der Waals surface area contributed by atoms with Crippen LogP contribution in [0.2, 0.25) is 0 Å². The fourth-order valence-corrected chi connectivity index (χ4v) is 2.58. The highest BCUT2D eigenvalue weighted by Crippen LogP contribution is 2.11. The Morgan fingerprint density at radius 2 is 1.32 bits per heavy atom. The molecule has 7 nitrogen and oxygen atoms in total. The van der Waals surface area contributed by atoms with Gasteiger partial charge in [0.05, 0.1) is 13.0 Å². The Kier molecular flexibility index (Phi) is 15.1. The van der Waals surface area contributed by atoms with E-state index in [1.54, 1.807) is 0 Å². The normalized spacial score (nSPS) is 11.9. The van der Waals surface area contributed by atoms with Gasteiger partial charge in [0.15, 0.2) is 0 Å². The minimum atomic E-state index is -1.34. The zero-order valence-corrected chi connectivity index (χ0v) is 15.3. The van der Waals surface area contributed by atoms with Gasteiger partial charge in [0.2, 0.25) is 11.8 Å². The molecule has 0 aromatic heterocycles. The lowest BCUT2D eigenvalue weighted by molar-refractivity contribution is -0.133. The number of Topliss-reactive ketones (excluding diaryl/α,β-unsaturated/α-hetero) is 1. The van der Waals surface area contributed by atoms with E-state index in [0.29, 0.717) is 13.0 Å². The van der Waals surface area contributed by atoms with Crippen LogP contribution in [-0.2, 0) is 14.4 Å². The van der Waals surface area contributed by atoms with E-state index >= 15 is 0 Å². The van der Waals surface area contributed by atoms with Crippen LogP contribution in [0.1, 0.15) is 77.0 Å². The van der Waals surface area contributed by atoms with E-state index in [9.17, 15) is 19.5 Å². The summed E-state index contributed by atoms with van der Waals surface area (Å²) in [6.45, 7) is 0.674. The predicted octanol–water partition coefficient (Wildman–Crippen LogP) is 1.16. The molecule has 0 spiro atoms. The largest absolute Gasteiger partial charge is 0.383 e. The number of nitrogens with one attached hydrogen (secondary N) is 1. The van der Waals surface area contributed by atoms with Crippen LogP contribution < -0.4 is 16.8 Å². The maximum absolute atomic E-state index is 11.4. The van der Waals surface area contributed by atoms with Crippen molar-refractivity contribution in [2.75, 3.05) is 13.1 Å². The van der Waals surface area contributed by atoms with E-state index in [1.807, 2.05) is 0 Å². The van der Waals surface area contributed by atoms with Crippen LogP contribution in [0.25, 0.3) is 0 Å². The second-order valence-electron chi connectivity index (χ2n) is 6.51. The lowest BCUT2D eigenvalue weighted by Crippen LogP contribution is -2.37. The van der Waals surface area contributed by atoms with Gasteiger partial charge >= 0.3 is 0 Å². The third kappa shape index (κ3) is 15.8. The van der Waals surface area contributed by atoms with E-state index in [1.165, 1.54) is 32.1 Å². The minimum absolute atomic E-state index is 0.151. The zero-order valence-electron chi connectivity index (χ0n) is 15.3. The highest BCUT2D eigenvalue weighted by Gasteiger charge is 2.16. The molecule has 0 saturated heterocycles. The molecule has 146 valence electrons. The van der Waals surface area contributed by atoms with Gasteiger partial charge in [-0.25, -0.2) is 0 Å². The first-order valence-electron chi connectivity index (χ1n) is 9.43. The molecule has 0 aromatic rings. The Morgan fingerprint density at radius 1 is 0.840 bits per heavy atom. The number of hydrogen-bond donors (Lipinski definition) is 4. The fourth-order valence-electron chi connectivity index (χ4n) is 2.58. The standard InChI is InChI=1S/C18H35N3O4/c19-14-15(22)11-9-7-5-3-1-2-4-6-8-10-12-21-18(25)16(23)13-17(20)24/h16,23H,1-14,19H2,(H2,20,24)(H,21,25). The number of unbranched alkanes of at least 4 members (excludes halogenated alkanes) is 9. The van der Waals surface area contributed by atoms with Crippen LogP contribution in [0.4, 0.5) is 0 Å². The van der Waals surface area contributed by atoms with Crippen molar-refractivity contribution in [1.29, 1.82) is 0 Å². The summed E-state index contributed by atoms with van der Waals surface area (Å²) < 4.78 is 0. The molecule has 2 amide bonds. The summed E-state index contributed by atoms with van der Waals surface area (Å²) in [4.78, 5) is 33.0. The van der Waals surface area contributed by atoms with E-state index < -0.39 is 17.9 Å². The molecule has 0 aliphatic rings. The summed E-state index contributed by atoms with van der Waals surface area (Å²) in [7, 11) is 0. The first kappa shape index (κ1) is 23.5. The molecular formula is C18H35N3O4. The van der Waals surface area contributed by atoms with Gasteiger partial charge < -0.3 is 21.9 Å². The number of nitrogens with two attached hydrogens (primary N) is 2. The summed E-state index contributed by atoms with van der Waals surface area (Å²) in [5.74, 6) is -1.07. The van der Waals surface area contributed by atoms with Crippen LogP contribution in [-0.4, -0.2) is 41.9 Å². The third-order valence-corrected chi connectivity index (χ3v) is 4.11. The highest BCUT2D eigenvalue weighted by atomic mass is 16.3. The number of rotatable bonds is 17. The number of amides is 2. The van der Waals surface area contributed by atoms with Crippen molar-refractivity contribution in [3.05, 3.63) is 0 Å². The summed E-state index contributed by atoms with van der Waals surface area (Å²) in [6.07, 6.45) is 10.0. The van der Waals surface area contributed by atoms with E-state index in [4.69, 9.17) is 11.5 Å². The number of ketones is 1. The molecule has 0 aliphatic carbocycles. The number of aliphatic hydroxyl groups is 1. The molecule has 0 rings (SSSR count). The molecule has 0 aliphatic heterocycles. The van der Waals surface area contributed by atoms with Crippen molar-refractivity contribution < 1.29 is 19.5 Å². The Bertz CT molecular complexity index is 389. The molecule has 0 fully saturated rings. The Hall–Kier alpha value is -1.47. The van der Waals surface area contributed by atoms with Crippen LogP contribution in [0.15, 0.2) is 0 Å². The van der Waals surface area contributed by atoms with Crippen molar-refractivity contribution in [3.8, 4) is 0 Å². The van der Waals surface area contributed by atoms with Crippen LogP contribution in [0.3, 0.4) is 0 Å². The van der Waals surface area contributed by atoms with Crippen molar-refractivity contribution in [3.63, 3.8) is 0 Å². The zero-order chi connectivity index (χ0) is 18.9. The number of carbonyl (C=O) groups excluding carboxylic acids is 3. The van der Waals surface area contributed by atoms with Crippen molar-refractivity contribution >= 4 is 17.6 Å². The second-order valence-corrected chi connectivity index (χ2v) is 6.51. The number of carbonyl (C=O) groups is 3. The summed E-state index contributed by atoms with van der Waals surface area (Å²) in [5, 5.41) is 12.0. The highest BCUT2D eigenvalue weighted by molar-refractivity contribution is 5.86. The molecule has 0 aromatic carbocycles. The Morgan fingerprint density at radius 3 is 1.80 bits per heavy atom. The molecule has 0 bridgehead atoms. The molecule has 1 unspecified atom stereocenters. The van der Waals surface area contributed by atoms with Crippen molar-refractivity contribution in [2.45, 2.75) is 83.2 Å². The van der Waals surface area contributed by atoms with Crippen molar-refractivity contribution in [1.82, 2.24) is 5.32 Å². The van der Waals surface area contributed by atoms with E-state index in [2.05, 4.69) is 5.32 Å². The molecule has 25 heavy (non-hydrogen) atoms. The van der Waals surface area contributed by atoms with Gasteiger partial charge in [-0.1, -0.05) is 51.4 Å². The van der Waals surface area contributed by atoms with Gasteiger partial charge in [-0.15, -0.1) is 0 Å². The predicted molar refractivity (Wildman–Crippen MR) is 97.7 cm³/mol. The summed E-state index contributed by atoms with van der Waals surface area (Å²) >= 11 is 0. The van der Waals surface area contributed by atoms with E-state index in [-0.39, 0.29) is 18.7 Å². The molecule has 7 heteroatoms. The first-order chi connectivity index (χ1) is 12.0. The molecule has 0 radical (unpaired) electrons. The minimum Gasteiger partial charge on any atom is -0.383 e. The molecular weight excluding hydrogens is 322 g/mol. The number of hydrogen-bond acceptors (Lipinski definition) is 5. The first-order valence-corrected chi connectivity index (χ1v) is 9.43. The maximum Gasteiger partial charge on any atom is 0.249 e. The second kappa shape index (κ2) is 16.0. The van der Waals surface area contributed by atoms with E-state index in [0.717, 1.165) is 32.1 Å². The average Bonchev–Trinajstić information content (AvgIpc) is 2.57. The molecule has 0 heterocycles. The molecule has 1 atom stereocenters. The SMILES string of the molecule is NCC(=O)CCCCCCCCCCCCNC(=O)C(O)CC(N)=O. The van der Waals surface area contributed by atoms with Gasteiger partial charge in [0.25, 0.3) is 0 Å². The Balaban J connectivity index is 3.27. The number of aliphatic hydroxyl groups excluding tert-OH is 1. The lowest BCUT2D eigenvalue weighted by atomic mass is 10.0. The summed E-state index contributed by atoms with van der Waals surface area (Å²) in [5.41, 5.74) is 10.2. The van der Waals surface area contributed by atoms with Crippen LogP contribution >= 0.6 is 0 Å².